The Labute approximate surface area is 165 Å². The molecule has 2 atom stereocenters. The number of hydrogen-bond acceptors (Lipinski definition) is 6. The van der Waals surface area contributed by atoms with Gasteiger partial charge in [-0.05, 0) is 24.7 Å². The lowest BCUT2D eigenvalue weighted by Crippen LogP contribution is -2.46. The van der Waals surface area contributed by atoms with Gasteiger partial charge in [0.2, 0.25) is 11.6 Å². The van der Waals surface area contributed by atoms with Gasteiger partial charge in [0, 0.05) is 11.6 Å². The maximum atomic E-state index is 13.0. The average Bonchev–Trinajstić information content (AvgIpc) is 2.58. The quantitative estimate of drug-likeness (QED) is 0.390. The van der Waals surface area contributed by atoms with Crippen LogP contribution in [0.15, 0.2) is 23.0 Å². The first kappa shape index (κ1) is 23.4. The number of unbranched alkanes of at least 4 members (excludes halogenated alkanes) is 1. The van der Waals surface area contributed by atoms with E-state index in [4.69, 9.17) is 0 Å². The monoisotopic (exact) mass is 394 g/mol. The fraction of sp³-hybridized carbons (Fsp3) is 0.600. The Morgan fingerprint density at radius 2 is 1.46 bits per heavy atom. The Morgan fingerprint density at radius 3 is 1.89 bits per heavy atom. The van der Waals surface area contributed by atoms with E-state index in [1.807, 2.05) is 6.92 Å². The second kappa shape index (κ2) is 10.1. The molecule has 0 fully saturated rings. The number of aliphatic carboxylic acids is 2. The highest BCUT2D eigenvalue weighted by atomic mass is 16.4. The SMILES string of the molecule is CCCCC1=C(N[C@@H](C(=O)O)C(C)C)C(=O)C=C(N[C@@H](C(=O)O)C(C)C)C1=O. The van der Waals surface area contributed by atoms with Crippen molar-refractivity contribution in [1.82, 2.24) is 10.6 Å². The molecule has 1 aliphatic rings. The molecular formula is C20H30N2O6. The number of carboxylic acid groups (broad SMARTS) is 2. The molecule has 0 aromatic rings. The predicted octanol–water partition coefficient (Wildman–Crippen LogP) is 1.86. The van der Waals surface area contributed by atoms with Crippen molar-refractivity contribution in [3.8, 4) is 0 Å². The number of Topliss-reactive ketones (excluding diaryl/α,β-unsaturated/α-hetero) is 1. The van der Waals surface area contributed by atoms with E-state index in [-0.39, 0.29) is 28.8 Å². The molecule has 0 heterocycles. The van der Waals surface area contributed by atoms with E-state index in [0.717, 1.165) is 12.5 Å². The molecule has 0 radical (unpaired) electrons. The van der Waals surface area contributed by atoms with Gasteiger partial charge in [0.1, 0.15) is 12.1 Å². The zero-order valence-corrected chi connectivity index (χ0v) is 17.0. The molecule has 0 spiro atoms. The van der Waals surface area contributed by atoms with Crippen molar-refractivity contribution in [1.29, 1.82) is 0 Å². The number of ketones is 2. The van der Waals surface area contributed by atoms with Crippen molar-refractivity contribution in [3.05, 3.63) is 23.0 Å². The number of rotatable bonds is 11. The summed E-state index contributed by atoms with van der Waals surface area (Å²) >= 11 is 0. The van der Waals surface area contributed by atoms with Gasteiger partial charge in [-0.1, -0.05) is 41.0 Å². The van der Waals surface area contributed by atoms with Gasteiger partial charge < -0.3 is 20.8 Å². The lowest BCUT2D eigenvalue weighted by Gasteiger charge is -2.27. The fourth-order valence-corrected chi connectivity index (χ4v) is 2.90. The lowest BCUT2D eigenvalue weighted by molar-refractivity contribution is -0.141. The highest BCUT2D eigenvalue weighted by Crippen LogP contribution is 2.23. The molecule has 4 N–H and O–H groups in total. The van der Waals surface area contributed by atoms with Crippen LogP contribution in [0.1, 0.15) is 53.9 Å². The normalized spacial score (nSPS) is 16.9. The van der Waals surface area contributed by atoms with Gasteiger partial charge in [-0.25, -0.2) is 9.59 Å². The van der Waals surface area contributed by atoms with Crippen molar-refractivity contribution < 1.29 is 29.4 Å². The molecule has 0 aromatic carbocycles. The van der Waals surface area contributed by atoms with Crippen LogP contribution in [0.5, 0.6) is 0 Å². The van der Waals surface area contributed by atoms with Gasteiger partial charge in [-0.2, -0.15) is 0 Å². The molecule has 8 heteroatoms. The first-order valence-electron chi connectivity index (χ1n) is 9.53. The van der Waals surface area contributed by atoms with Crippen molar-refractivity contribution in [3.63, 3.8) is 0 Å². The molecule has 0 aromatic heterocycles. The van der Waals surface area contributed by atoms with Crippen LogP contribution in [0, 0.1) is 11.8 Å². The molecule has 0 aliphatic heterocycles. The number of hydrogen-bond donors (Lipinski definition) is 4. The third-order valence-corrected chi connectivity index (χ3v) is 4.60. The Balaban J connectivity index is 3.28. The van der Waals surface area contributed by atoms with E-state index in [9.17, 15) is 29.4 Å². The third kappa shape index (κ3) is 5.68. The molecular weight excluding hydrogens is 364 g/mol. The van der Waals surface area contributed by atoms with E-state index in [0.29, 0.717) is 12.8 Å². The van der Waals surface area contributed by atoms with E-state index in [1.54, 1.807) is 27.7 Å². The number of carboxylic acids is 2. The molecule has 28 heavy (non-hydrogen) atoms. The van der Waals surface area contributed by atoms with Crippen LogP contribution in [-0.4, -0.2) is 45.8 Å². The molecule has 0 saturated heterocycles. The van der Waals surface area contributed by atoms with Gasteiger partial charge in [0.15, 0.2) is 0 Å². The van der Waals surface area contributed by atoms with Crippen LogP contribution in [-0.2, 0) is 19.2 Å². The minimum Gasteiger partial charge on any atom is -0.480 e. The fourth-order valence-electron chi connectivity index (χ4n) is 2.90. The van der Waals surface area contributed by atoms with Gasteiger partial charge in [-0.15, -0.1) is 0 Å². The van der Waals surface area contributed by atoms with Crippen LogP contribution < -0.4 is 10.6 Å². The summed E-state index contributed by atoms with van der Waals surface area (Å²) in [6, 6.07) is -2.04. The van der Waals surface area contributed by atoms with E-state index >= 15 is 0 Å². The zero-order valence-electron chi connectivity index (χ0n) is 17.0. The van der Waals surface area contributed by atoms with Crippen molar-refractivity contribution in [2.45, 2.75) is 66.0 Å². The molecule has 0 amide bonds. The van der Waals surface area contributed by atoms with E-state index < -0.39 is 35.6 Å². The molecule has 1 rings (SSSR count). The summed E-state index contributed by atoms with van der Waals surface area (Å²) in [6.45, 7) is 8.74. The van der Waals surface area contributed by atoms with Crippen LogP contribution in [0.4, 0.5) is 0 Å². The molecule has 0 bridgehead atoms. The van der Waals surface area contributed by atoms with Crippen LogP contribution in [0.3, 0.4) is 0 Å². The van der Waals surface area contributed by atoms with E-state index in [1.165, 1.54) is 0 Å². The zero-order chi connectivity index (χ0) is 21.6. The highest BCUT2D eigenvalue weighted by Gasteiger charge is 2.34. The number of carbonyl (C=O) groups is 4. The van der Waals surface area contributed by atoms with Gasteiger partial charge in [0.05, 0.1) is 11.4 Å². The maximum Gasteiger partial charge on any atom is 0.326 e. The number of carbonyl (C=O) groups excluding carboxylic acids is 2. The number of allylic oxidation sites excluding steroid dienone is 2. The average molecular weight is 394 g/mol. The Morgan fingerprint density at radius 1 is 0.964 bits per heavy atom. The van der Waals surface area contributed by atoms with Crippen LogP contribution in [0.25, 0.3) is 0 Å². The third-order valence-electron chi connectivity index (χ3n) is 4.60. The van der Waals surface area contributed by atoms with E-state index in [2.05, 4.69) is 10.6 Å². The smallest absolute Gasteiger partial charge is 0.326 e. The molecule has 8 nitrogen and oxygen atoms in total. The summed E-state index contributed by atoms with van der Waals surface area (Å²) in [5, 5.41) is 24.2. The summed E-state index contributed by atoms with van der Waals surface area (Å²) < 4.78 is 0. The maximum absolute atomic E-state index is 13.0. The highest BCUT2D eigenvalue weighted by molar-refractivity contribution is 6.22. The minimum atomic E-state index is -1.12. The topological polar surface area (TPSA) is 133 Å². The van der Waals surface area contributed by atoms with Crippen LogP contribution >= 0.6 is 0 Å². The number of nitrogens with one attached hydrogen (secondary N) is 2. The summed E-state index contributed by atoms with van der Waals surface area (Å²) in [6.07, 6.45) is 2.77. The molecule has 0 unspecified atom stereocenters. The van der Waals surface area contributed by atoms with Gasteiger partial charge >= 0.3 is 11.9 Å². The second-order valence-corrected chi connectivity index (χ2v) is 7.62. The first-order chi connectivity index (χ1) is 13.0. The molecule has 0 saturated carbocycles. The molecule has 1 aliphatic carbocycles. The molecule has 156 valence electrons. The predicted molar refractivity (Wildman–Crippen MR) is 103 cm³/mol. The van der Waals surface area contributed by atoms with Crippen molar-refractivity contribution in [2.75, 3.05) is 0 Å². The Bertz CT molecular complexity index is 705. The summed E-state index contributed by atoms with van der Waals surface area (Å²) in [5.41, 5.74) is 0.109. The largest absolute Gasteiger partial charge is 0.480 e. The van der Waals surface area contributed by atoms with Gasteiger partial charge in [-0.3, -0.25) is 9.59 Å². The summed E-state index contributed by atoms with van der Waals surface area (Å²) in [7, 11) is 0. The van der Waals surface area contributed by atoms with Crippen molar-refractivity contribution >= 4 is 23.5 Å². The first-order valence-corrected chi connectivity index (χ1v) is 9.53. The standard InChI is InChI=1S/C20H30N2O6/c1-6-7-8-12-17(22-16(11(4)5)20(27)28)14(23)9-13(18(12)24)21-15(10(2)3)19(25)26/h9-11,15-16,21-22H,6-8H2,1-5H3,(H,25,26)(H,27,28)/t15-,16-/m1/s1. The van der Waals surface area contributed by atoms with Crippen LogP contribution in [0.2, 0.25) is 0 Å². The second-order valence-electron chi connectivity index (χ2n) is 7.62. The lowest BCUT2D eigenvalue weighted by atomic mass is 9.91. The summed E-state index contributed by atoms with van der Waals surface area (Å²) in [5.74, 6) is -3.85. The summed E-state index contributed by atoms with van der Waals surface area (Å²) in [4.78, 5) is 48.6. The Hall–Kier alpha value is -2.64. The van der Waals surface area contributed by atoms with Crippen molar-refractivity contribution in [2.24, 2.45) is 11.8 Å². The van der Waals surface area contributed by atoms with Gasteiger partial charge in [0.25, 0.3) is 0 Å². The Kier molecular flexibility index (Phi) is 8.40. The minimum absolute atomic E-state index is 0.0125.